The van der Waals surface area contributed by atoms with Gasteiger partial charge < -0.3 is 27.0 Å². The van der Waals surface area contributed by atoms with Crippen molar-refractivity contribution < 1.29 is 0 Å². The van der Waals surface area contributed by atoms with Crippen molar-refractivity contribution in [2.75, 3.05) is 41.1 Å². The lowest BCUT2D eigenvalue weighted by Gasteiger charge is -2.14. The third kappa shape index (κ3) is 4.25. The number of nitrogen functional groups attached to an aromatic ring is 2. The summed E-state index contributed by atoms with van der Waals surface area (Å²) in [4.78, 5) is 15.0. The highest BCUT2D eigenvalue weighted by Crippen LogP contribution is 2.20. The number of hydrogen-bond acceptors (Lipinski definition) is 8. The fraction of sp³-hybridized carbons (Fsp3) is 0.118. The maximum Gasteiger partial charge on any atom is 0.233 e. The van der Waals surface area contributed by atoms with Crippen LogP contribution in [0.2, 0.25) is 0 Å². The molecule has 0 radical (unpaired) electrons. The van der Waals surface area contributed by atoms with Gasteiger partial charge in [-0.15, -0.1) is 0 Å². The molecule has 0 unspecified atom stereocenters. The van der Waals surface area contributed by atoms with Crippen molar-refractivity contribution in [2.24, 2.45) is 0 Å². The van der Waals surface area contributed by atoms with E-state index in [1.54, 1.807) is 0 Å². The van der Waals surface area contributed by atoms with Crippen LogP contribution in [0.25, 0.3) is 0 Å². The highest BCUT2D eigenvalue weighted by Gasteiger charge is 2.09. The van der Waals surface area contributed by atoms with Crippen LogP contribution in [0.1, 0.15) is 0 Å². The van der Waals surface area contributed by atoms with E-state index in [0.29, 0.717) is 29.2 Å². The molecule has 0 saturated heterocycles. The molecule has 0 bridgehead atoms. The molecule has 3 aromatic rings. The van der Waals surface area contributed by atoms with Crippen LogP contribution in [-0.2, 0) is 0 Å². The van der Waals surface area contributed by atoms with E-state index in [2.05, 4.69) is 25.6 Å². The summed E-state index contributed by atoms with van der Waals surface area (Å²) < 4.78 is 0. The molecule has 2 aromatic carbocycles. The molecule has 0 saturated carbocycles. The molecule has 1 aromatic heterocycles. The number of hydrogen-bond donors (Lipinski definition) is 4. The van der Waals surface area contributed by atoms with Crippen LogP contribution in [0.4, 0.5) is 40.6 Å². The molecule has 0 aliphatic heterocycles. The van der Waals surface area contributed by atoms with Crippen LogP contribution in [-0.4, -0.2) is 29.0 Å². The van der Waals surface area contributed by atoms with E-state index >= 15 is 0 Å². The molecular formula is C17H20N8. The Balaban J connectivity index is 1.88. The first kappa shape index (κ1) is 16.3. The van der Waals surface area contributed by atoms with Crippen molar-refractivity contribution in [3.63, 3.8) is 0 Å². The SMILES string of the molecule is CN(C)c1nc(Nc2ccc(N)cc2)nc(Nc2ccc(N)cc2)n1. The number of nitrogens with zero attached hydrogens (tertiary/aromatic N) is 4. The largest absolute Gasteiger partial charge is 0.399 e. The Labute approximate surface area is 145 Å². The van der Waals surface area contributed by atoms with Gasteiger partial charge in [0.25, 0.3) is 0 Å². The zero-order valence-electron chi connectivity index (χ0n) is 14.1. The molecule has 8 nitrogen and oxygen atoms in total. The summed E-state index contributed by atoms with van der Waals surface area (Å²) >= 11 is 0. The third-order valence-electron chi connectivity index (χ3n) is 3.36. The van der Waals surface area contributed by atoms with Crippen molar-refractivity contribution in [1.29, 1.82) is 0 Å². The molecular weight excluding hydrogens is 316 g/mol. The van der Waals surface area contributed by atoms with Crippen LogP contribution in [0.15, 0.2) is 48.5 Å². The molecule has 25 heavy (non-hydrogen) atoms. The quantitative estimate of drug-likeness (QED) is 0.525. The van der Waals surface area contributed by atoms with Crippen LogP contribution < -0.4 is 27.0 Å². The minimum Gasteiger partial charge on any atom is -0.399 e. The van der Waals surface area contributed by atoms with E-state index in [4.69, 9.17) is 11.5 Å². The van der Waals surface area contributed by atoms with Crippen LogP contribution in [0, 0.1) is 0 Å². The van der Waals surface area contributed by atoms with Gasteiger partial charge >= 0.3 is 0 Å². The van der Waals surface area contributed by atoms with Crippen molar-refractivity contribution in [3.05, 3.63) is 48.5 Å². The first-order valence-corrected chi connectivity index (χ1v) is 7.68. The number of aromatic nitrogens is 3. The van der Waals surface area contributed by atoms with Crippen LogP contribution in [0.3, 0.4) is 0 Å². The maximum absolute atomic E-state index is 5.71. The highest BCUT2D eigenvalue weighted by atomic mass is 15.3. The Hall–Kier alpha value is -3.55. The molecule has 6 N–H and O–H groups in total. The summed E-state index contributed by atoms with van der Waals surface area (Å²) in [5.41, 5.74) is 14.5. The van der Waals surface area contributed by atoms with Gasteiger partial charge in [-0.2, -0.15) is 15.0 Å². The van der Waals surface area contributed by atoms with Crippen LogP contribution >= 0.6 is 0 Å². The Morgan fingerprint density at radius 2 is 1.08 bits per heavy atom. The molecule has 0 aliphatic rings. The maximum atomic E-state index is 5.71. The average Bonchev–Trinajstić information content (AvgIpc) is 2.59. The minimum absolute atomic E-state index is 0.432. The second-order valence-electron chi connectivity index (χ2n) is 5.67. The predicted molar refractivity (Wildman–Crippen MR) is 102 cm³/mol. The van der Waals surface area contributed by atoms with E-state index in [1.807, 2.05) is 67.5 Å². The molecule has 0 amide bonds. The second-order valence-corrected chi connectivity index (χ2v) is 5.67. The fourth-order valence-electron chi connectivity index (χ4n) is 2.07. The Morgan fingerprint density at radius 3 is 1.44 bits per heavy atom. The van der Waals surface area contributed by atoms with E-state index in [1.165, 1.54) is 0 Å². The summed E-state index contributed by atoms with van der Waals surface area (Å²) in [6, 6.07) is 14.7. The van der Waals surface area contributed by atoms with E-state index in [9.17, 15) is 0 Å². The monoisotopic (exact) mass is 336 g/mol. The summed E-state index contributed by atoms with van der Waals surface area (Å²) in [6.07, 6.45) is 0. The lowest BCUT2D eigenvalue weighted by molar-refractivity contribution is 0.966. The summed E-state index contributed by atoms with van der Waals surface area (Å²) in [6.45, 7) is 0. The van der Waals surface area contributed by atoms with E-state index in [-0.39, 0.29) is 0 Å². The van der Waals surface area contributed by atoms with Gasteiger partial charge in [0.15, 0.2) is 0 Å². The first-order valence-electron chi connectivity index (χ1n) is 7.68. The molecule has 8 heteroatoms. The fourth-order valence-corrected chi connectivity index (χ4v) is 2.07. The van der Waals surface area contributed by atoms with Crippen molar-refractivity contribution in [1.82, 2.24) is 15.0 Å². The van der Waals surface area contributed by atoms with Gasteiger partial charge in [0, 0.05) is 36.8 Å². The lowest BCUT2D eigenvalue weighted by Crippen LogP contribution is -2.15. The van der Waals surface area contributed by atoms with E-state index < -0.39 is 0 Å². The lowest BCUT2D eigenvalue weighted by atomic mass is 10.3. The van der Waals surface area contributed by atoms with Crippen molar-refractivity contribution >= 4 is 40.6 Å². The van der Waals surface area contributed by atoms with Crippen molar-refractivity contribution in [3.8, 4) is 0 Å². The average molecular weight is 336 g/mol. The zero-order chi connectivity index (χ0) is 17.8. The summed E-state index contributed by atoms with van der Waals surface area (Å²) in [5, 5.41) is 6.31. The van der Waals surface area contributed by atoms with E-state index in [0.717, 1.165) is 11.4 Å². The number of nitrogens with one attached hydrogen (secondary N) is 2. The summed E-state index contributed by atoms with van der Waals surface area (Å²) in [5.74, 6) is 1.40. The molecule has 0 spiro atoms. The topological polar surface area (TPSA) is 118 Å². The molecule has 3 rings (SSSR count). The number of anilines is 7. The molecule has 0 atom stereocenters. The third-order valence-corrected chi connectivity index (χ3v) is 3.36. The normalized spacial score (nSPS) is 10.3. The smallest absolute Gasteiger partial charge is 0.233 e. The van der Waals surface area contributed by atoms with Gasteiger partial charge in [-0.1, -0.05) is 0 Å². The van der Waals surface area contributed by atoms with Gasteiger partial charge in [0.2, 0.25) is 17.8 Å². The van der Waals surface area contributed by atoms with Gasteiger partial charge in [0.05, 0.1) is 0 Å². The minimum atomic E-state index is 0.432. The second kappa shape index (κ2) is 6.91. The number of rotatable bonds is 5. The molecule has 0 fully saturated rings. The summed E-state index contributed by atoms with van der Waals surface area (Å²) in [7, 11) is 3.74. The van der Waals surface area contributed by atoms with Gasteiger partial charge in [0.1, 0.15) is 0 Å². The Kier molecular flexibility index (Phi) is 4.51. The number of benzene rings is 2. The Morgan fingerprint density at radius 1 is 0.680 bits per heavy atom. The highest BCUT2D eigenvalue weighted by molar-refractivity contribution is 5.61. The zero-order valence-corrected chi connectivity index (χ0v) is 14.1. The van der Waals surface area contributed by atoms with Gasteiger partial charge in [-0.25, -0.2) is 0 Å². The molecule has 128 valence electrons. The molecule has 0 aliphatic carbocycles. The van der Waals surface area contributed by atoms with Gasteiger partial charge in [-0.3, -0.25) is 0 Å². The van der Waals surface area contributed by atoms with Gasteiger partial charge in [-0.05, 0) is 48.5 Å². The molecule has 1 heterocycles. The Bertz CT molecular complexity index is 778. The van der Waals surface area contributed by atoms with Crippen molar-refractivity contribution in [2.45, 2.75) is 0 Å². The first-order chi connectivity index (χ1) is 12.0. The standard InChI is InChI=1S/C17H20N8/c1-25(2)17-23-15(20-13-7-3-11(18)4-8-13)22-16(24-17)21-14-9-5-12(19)6-10-14/h3-10H,18-19H2,1-2H3,(H2,20,21,22,23,24). The van der Waals surface area contributed by atoms with Crippen LogP contribution in [0.5, 0.6) is 0 Å². The number of nitrogens with two attached hydrogens (primary N) is 2. The predicted octanol–water partition coefficient (Wildman–Crippen LogP) is 2.59.